The second kappa shape index (κ2) is 7.05. The summed E-state index contributed by atoms with van der Waals surface area (Å²) >= 11 is 0. The first-order chi connectivity index (χ1) is 9.43. The Bertz CT molecular complexity index is 457. The van der Waals surface area contributed by atoms with E-state index in [-0.39, 0.29) is 18.4 Å². The Balaban J connectivity index is 2.87. The lowest BCUT2D eigenvalue weighted by molar-refractivity contribution is -0.140. The zero-order valence-corrected chi connectivity index (χ0v) is 12.3. The third-order valence-electron chi connectivity index (χ3n) is 3.20. The zero-order valence-electron chi connectivity index (χ0n) is 12.3. The van der Waals surface area contributed by atoms with Gasteiger partial charge >= 0.3 is 0 Å². The number of hydrogen-bond acceptors (Lipinski definition) is 3. The van der Waals surface area contributed by atoms with E-state index in [0.717, 1.165) is 5.56 Å². The van der Waals surface area contributed by atoms with Gasteiger partial charge in [-0.1, -0.05) is 30.3 Å². The predicted octanol–water partition coefficient (Wildman–Crippen LogP) is 0.845. The first kappa shape index (κ1) is 16.2. The minimum absolute atomic E-state index is 0.0306. The number of nitrogens with two attached hydrogens (primary N) is 1. The average molecular weight is 277 g/mol. The summed E-state index contributed by atoms with van der Waals surface area (Å²) in [5.41, 5.74) is 5.79. The fourth-order valence-corrected chi connectivity index (χ4v) is 1.99. The molecule has 110 valence electrons. The molecule has 5 heteroatoms. The lowest BCUT2D eigenvalue weighted by Gasteiger charge is -2.31. The molecule has 3 N–H and O–H groups in total. The topological polar surface area (TPSA) is 75.4 Å². The van der Waals surface area contributed by atoms with Crippen molar-refractivity contribution in [3.8, 4) is 0 Å². The fourth-order valence-electron chi connectivity index (χ4n) is 1.99. The van der Waals surface area contributed by atoms with Crippen LogP contribution in [0.3, 0.4) is 0 Å². The third kappa shape index (κ3) is 3.81. The number of rotatable bonds is 6. The lowest BCUT2D eigenvalue weighted by atomic mass is 9.91. The largest absolute Gasteiger partial charge is 0.355 e. The van der Waals surface area contributed by atoms with Gasteiger partial charge in [0.25, 0.3) is 0 Å². The van der Waals surface area contributed by atoms with E-state index in [9.17, 15) is 9.59 Å². The SMILES string of the molecule is CCNC(=O)CN(CC)C(=O)C(C)(N)c1ccccc1. The van der Waals surface area contributed by atoms with Crippen molar-refractivity contribution in [3.63, 3.8) is 0 Å². The molecule has 0 aliphatic rings. The minimum atomic E-state index is -1.14. The second-order valence-corrected chi connectivity index (χ2v) is 4.84. The van der Waals surface area contributed by atoms with Crippen LogP contribution in [0.4, 0.5) is 0 Å². The molecule has 1 unspecified atom stereocenters. The van der Waals surface area contributed by atoms with Crippen molar-refractivity contribution in [1.29, 1.82) is 0 Å². The molecule has 1 aromatic carbocycles. The summed E-state index contributed by atoms with van der Waals surface area (Å²) in [5, 5.41) is 2.68. The Morgan fingerprint density at radius 2 is 1.85 bits per heavy atom. The van der Waals surface area contributed by atoms with Crippen LogP contribution >= 0.6 is 0 Å². The normalized spacial score (nSPS) is 13.4. The highest BCUT2D eigenvalue weighted by atomic mass is 16.2. The van der Waals surface area contributed by atoms with Crippen molar-refractivity contribution in [2.24, 2.45) is 5.73 Å². The molecule has 0 fully saturated rings. The van der Waals surface area contributed by atoms with Crippen LogP contribution in [0.25, 0.3) is 0 Å². The van der Waals surface area contributed by atoms with Gasteiger partial charge in [0.2, 0.25) is 11.8 Å². The van der Waals surface area contributed by atoms with Gasteiger partial charge < -0.3 is 16.0 Å². The molecule has 1 atom stereocenters. The number of amides is 2. The third-order valence-corrected chi connectivity index (χ3v) is 3.20. The second-order valence-electron chi connectivity index (χ2n) is 4.84. The van der Waals surface area contributed by atoms with Crippen LogP contribution in [0.2, 0.25) is 0 Å². The summed E-state index contributed by atoms with van der Waals surface area (Å²) < 4.78 is 0. The molecule has 0 spiro atoms. The van der Waals surface area contributed by atoms with Crippen molar-refractivity contribution in [3.05, 3.63) is 35.9 Å². The van der Waals surface area contributed by atoms with Crippen molar-refractivity contribution in [2.75, 3.05) is 19.6 Å². The van der Waals surface area contributed by atoms with Crippen LogP contribution in [0.15, 0.2) is 30.3 Å². The average Bonchev–Trinajstić information content (AvgIpc) is 2.45. The molecule has 0 bridgehead atoms. The van der Waals surface area contributed by atoms with Gasteiger partial charge in [-0.2, -0.15) is 0 Å². The monoisotopic (exact) mass is 277 g/mol. The maximum Gasteiger partial charge on any atom is 0.247 e. The summed E-state index contributed by atoms with van der Waals surface area (Å²) in [6.07, 6.45) is 0. The molecule has 5 nitrogen and oxygen atoms in total. The summed E-state index contributed by atoms with van der Waals surface area (Å²) in [6.45, 7) is 6.36. The molecule has 0 saturated carbocycles. The predicted molar refractivity (Wildman–Crippen MR) is 78.9 cm³/mol. The molecule has 0 aliphatic heterocycles. The van der Waals surface area contributed by atoms with Crippen LogP contribution in [-0.4, -0.2) is 36.3 Å². The first-order valence-electron chi connectivity index (χ1n) is 6.83. The number of nitrogens with one attached hydrogen (secondary N) is 1. The quantitative estimate of drug-likeness (QED) is 0.809. The Labute approximate surface area is 120 Å². The molecule has 0 radical (unpaired) electrons. The molecular formula is C15H23N3O2. The number of carbonyl (C=O) groups is 2. The Morgan fingerprint density at radius 1 is 1.25 bits per heavy atom. The van der Waals surface area contributed by atoms with Crippen LogP contribution < -0.4 is 11.1 Å². The smallest absolute Gasteiger partial charge is 0.247 e. The molecular weight excluding hydrogens is 254 g/mol. The van der Waals surface area contributed by atoms with E-state index < -0.39 is 5.54 Å². The Morgan fingerprint density at radius 3 is 2.35 bits per heavy atom. The van der Waals surface area contributed by atoms with E-state index in [4.69, 9.17) is 5.73 Å². The van der Waals surface area contributed by atoms with Gasteiger partial charge in [0.05, 0.1) is 6.54 Å². The van der Waals surface area contributed by atoms with Gasteiger partial charge in [0.15, 0.2) is 0 Å². The zero-order chi connectivity index (χ0) is 15.2. The van der Waals surface area contributed by atoms with Crippen molar-refractivity contribution in [2.45, 2.75) is 26.3 Å². The van der Waals surface area contributed by atoms with Gasteiger partial charge in [-0.25, -0.2) is 0 Å². The highest BCUT2D eigenvalue weighted by Crippen LogP contribution is 2.20. The van der Waals surface area contributed by atoms with Gasteiger partial charge in [-0.15, -0.1) is 0 Å². The number of benzene rings is 1. The Kier molecular flexibility index (Phi) is 5.70. The Hall–Kier alpha value is -1.88. The molecule has 0 aromatic heterocycles. The molecule has 1 rings (SSSR count). The molecule has 0 heterocycles. The molecule has 0 saturated heterocycles. The van der Waals surface area contributed by atoms with E-state index in [1.165, 1.54) is 4.90 Å². The number of nitrogens with zero attached hydrogens (tertiary/aromatic N) is 1. The fraction of sp³-hybridized carbons (Fsp3) is 0.467. The van der Waals surface area contributed by atoms with Gasteiger partial charge in [0.1, 0.15) is 5.54 Å². The van der Waals surface area contributed by atoms with Crippen molar-refractivity contribution >= 4 is 11.8 Å². The number of carbonyl (C=O) groups excluding carboxylic acids is 2. The molecule has 0 aliphatic carbocycles. The van der Waals surface area contributed by atoms with Crippen LogP contribution in [-0.2, 0) is 15.1 Å². The van der Waals surface area contributed by atoms with Crippen LogP contribution in [0, 0.1) is 0 Å². The van der Waals surface area contributed by atoms with Crippen LogP contribution in [0.5, 0.6) is 0 Å². The maximum atomic E-state index is 12.6. The summed E-state index contributed by atoms with van der Waals surface area (Å²) in [6, 6.07) is 9.19. The van der Waals surface area contributed by atoms with E-state index in [0.29, 0.717) is 13.1 Å². The van der Waals surface area contributed by atoms with Crippen molar-refractivity contribution in [1.82, 2.24) is 10.2 Å². The van der Waals surface area contributed by atoms with E-state index in [1.54, 1.807) is 6.92 Å². The van der Waals surface area contributed by atoms with E-state index in [2.05, 4.69) is 5.32 Å². The lowest BCUT2D eigenvalue weighted by Crippen LogP contribution is -2.53. The first-order valence-corrected chi connectivity index (χ1v) is 6.83. The minimum Gasteiger partial charge on any atom is -0.355 e. The van der Waals surface area contributed by atoms with Gasteiger partial charge in [-0.05, 0) is 26.3 Å². The van der Waals surface area contributed by atoms with Gasteiger partial charge in [0, 0.05) is 13.1 Å². The highest BCUT2D eigenvalue weighted by Gasteiger charge is 2.34. The summed E-state index contributed by atoms with van der Waals surface area (Å²) in [5.74, 6) is -0.427. The van der Waals surface area contributed by atoms with Crippen LogP contribution in [0.1, 0.15) is 26.3 Å². The molecule has 1 aromatic rings. The number of likely N-dealkylation sites (N-methyl/N-ethyl adjacent to an activating group) is 2. The standard InChI is InChI=1S/C15H23N3O2/c1-4-17-13(19)11-18(5-2)14(20)15(3,16)12-9-7-6-8-10-12/h6-10H,4-5,11,16H2,1-3H3,(H,17,19). The van der Waals surface area contributed by atoms with Crippen molar-refractivity contribution < 1.29 is 9.59 Å². The molecule has 2 amide bonds. The van der Waals surface area contributed by atoms with E-state index >= 15 is 0 Å². The number of hydrogen-bond donors (Lipinski definition) is 2. The van der Waals surface area contributed by atoms with E-state index in [1.807, 2.05) is 44.2 Å². The summed E-state index contributed by atoms with van der Waals surface area (Å²) in [4.78, 5) is 25.7. The van der Waals surface area contributed by atoms with Gasteiger partial charge in [-0.3, -0.25) is 9.59 Å². The molecule has 20 heavy (non-hydrogen) atoms. The summed E-state index contributed by atoms with van der Waals surface area (Å²) in [7, 11) is 0. The highest BCUT2D eigenvalue weighted by molar-refractivity contribution is 5.90. The maximum absolute atomic E-state index is 12.6.